The molecule has 0 fully saturated rings. The molecular weight excluding hydrogens is 406 g/mol. The highest BCUT2D eigenvalue weighted by Gasteiger charge is 2.20. The minimum absolute atomic E-state index is 0.0113. The van der Waals surface area contributed by atoms with Gasteiger partial charge in [-0.25, -0.2) is 4.98 Å². The Kier molecular flexibility index (Phi) is 7.35. The second-order valence-corrected chi connectivity index (χ2v) is 7.71. The molecule has 0 spiro atoms. The molecule has 3 rings (SSSR count). The molecule has 8 heteroatoms. The number of carbonyl (C=O) groups is 2. The van der Waals surface area contributed by atoms with Crippen LogP contribution in [0.15, 0.2) is 42.6 Å². The van der Waals surface area contributed by atoms with Crippen molar-refractivity contribution in [3.63, 3.8) is 0 Å². The first-order valence-corrected chi connectivity index (χ1v) is 10.7. The van der Waals surface area contributed by atoms with Crippen LogP contribution in [0, 0.1) is 0 Å². The van der Waals surface area contributed by atoms with Crippen LogP contribution in [0.1, 0.15) is 35.5 Å². The van der Waals surface area contributed by atoms with Gasteiger partial charge in [0, 0.05) is 33.4 Å². The van der Waals surface area contributed by atoms with Gasteiger partial charge in [-0.3, -0.25) is 14.0 Å². The number of ether oxygens (including phenoxy) is 1. The SMILES string of the molecule is CCc1nc2ccc(C(=O)NCc3ccc(OC)cc3)cn2c1N(CC)CC(=O)N(C)C. The highest BCUT2D eigenvalue weighted by atomic mass is 16.5. The quantitative estimate of drug-likeness (QED) is 0.557. The third-order valence-electron chi connectivity index (χ3n) is 5.38. The normalized spacial score (nSPS) is 10.8. The maximum Gasteiger partial charge on any atom is 0.253 e. The van der Waals surface area contributed by atoms with Crippen molar-refractivity contribution in [3.05, 3.63) is 59.4 Å². The molecule has 1 N–H and O–H groups in total. The molecule has 8 nitrogen and oxygen atoms in total. The molecule has 3 aromatic rings. The monoisotopic (exact) mass is 437 g/mol. The molecule has 2 amide bonds. The number of anilines is 1. The molecule has 2 heterocycles. The van der Waals surface area contributed by atoms with E-state index in [2.05, 4.69) is 5.32 Å². The summed E-state index contributed by atoms with van der Waals surface area (Å²) in [5, 5.41) is 2.96. The molecule has 1 aromatic carbocycles. The molecule has 0 unspecified atom stereocenters. The van der Waals surface area contributed by atoms with Gasteiger partial charge in [0.25, 0.3) is 5.91 Å². The van der Waals surface area contributed by atoms with E-state index >= 15 is 0 Å². The van der Waals surface area contributed by atoms with E-state index in [4.69, 9.17) is 9.72 Å². The Morgan fingerprint density at radius 3 is 2.41 bits per heavy atom. The Morgan fingerprint density at radius 2 is 1.81 bits per heavy atom. The van der Waals surface area contributed by atoms with E-state index < -0.39 is 0 Å². The van der Waals surface area contributed by atoms with E-state index in [0.717, 1.165) is 34.9 Å². The number of nitrogens with zero attached hydrogens (tertiary/aromatic N) is 4. The van der Waals surface area contributed by atoms with Gasteiger partial charge < -0.3 is 19.9 Å². The van der Waals surface area contributed by atoms with Crippen molar-refractivity contribution in [2.75, 3.05) is 39.2 Å². The first kappa shape index (κ1) is 23.1. The van der Waals surface area contributed by atoms with Gasteiger partial charge in [0.1, 0.15) is 17.2 Å². The highest BCUT2D eigenvalue weighted by Crippen LogP contribution is 2.24. The Hall–Kier alpha value is -3.55. The average molecular weight is 438 g/mol. The molecule has 0 atom stereocenters. The fraction of sp³-hybridized carbons (Fsp3) is 0.375. The number of methoxy groups -OCH3 is 1. The van der Waals surface area contributed by atoms with Crippen LogP contribution in [0.3, 0.4) is 0 Å². The fourth-order valence-electron chi connectivity index (χ4n) is 3.46. The Bertz CT molecular complexity index is 1090. The summed E-state index contributed by atoms with van der Waals surface area (Å²) in [5.74, 6) is 1.47. The number of pyridine rings is 1. The molecule has 0 saturated heterocycles. The van der Waals surface area contributed by atoms with Crippen molar-refractivity contribution >= 4 is 23.3 Å². The molecule has 0 aliphatic carbocycles. The summed E-state index contributed by atoms with van der Waals surface area (Å²) >= 11 is 0. The van der Waals surface area contributed by atoms with Crippen molar-refractivity contribution in [1.82, 2.24) is 19.6 Å². The number of benzene rings is 1. The predicted octanol–water partition coefficient (Wildman–Crippen LogP) is 2.75. The Morgan fingerprint density at radius 1 is 1.09 bits per heavy atom. The number of carbonyl (C=O) groups excluding carboxylic acids is 2. The minimum atomic E-state index is -0.173. The third-order valence-corrected chi connectivity index (χ3v) is 5.38. The van der Waals surface area contributed by atoms with Gasteiger partial charge in [0.15, 0.2) is 0 Å². The summed E-state index contributed by atoms with van der Waals surface area (Å²) in [5.41, 5.74) is 3.16. The largest absolute Gasteiger partial charge is 0.497 e. The second-order valence-electron chi connectivity index (χ2n) is 7.71. The van der Waals surface area contributed by atoms with Gasteiger partial charge in [-0.2, -0.15) is 0 Å². The summed E-state index contributed by atoms with van der Waals surface area (Å²) in [6.07, 6.45) is 2.52. The van der Waals surface area contributed by atoms with Crippen LogP contribution in [-0.4, -0.2) is 60.4 Å². The van der Waals surface area contributed by atoms with Crippen molar-refractivity contribution in [2.45, 2.75) is 26.8 Å². The number of aromatic nitrogens is 2. The summed E-state index contributed by atoms with van der Waals surface area (Å²) in [4.78, 5) is 33.5. The van der Waals surface area contributed by atoms with E-state index in [9.17, 15) is 9.59 Å². The van der Waals surface area contributed by atoms with Crippen LogP contribution in [0.5, 0.6) is 5.75 Å². The van der Waals surface area contributed by atoms with Gasteiger partial charge in [0.2, 0.25) is 5.91 Å². The number of nitrogens with one attached hydrogen (secondary N) is 1. The van der Waals surface area contributed by atoms with Crippen LogP contribution in [0.4, 0.5) is 5.82 Å². The molecule has 170 valence electrons. The topological polar surface area (TPSA) is 79.2 Å². The molecular formula is C24H31N5O3. The van der Waals surface area contributed by atoms with Crippen molar-refractivity contribution in [2.24, 2.45) is 0 Å². The minimum Gasteiger partial charge on any atom is -0.497 e. The second kappa shape index (κ2) is 10.2. The van der Waals surface area contributed by atoms with Crippen LogP contribution >= 0.6 is 0 Å². The fourth-order valence-corrected chi connectivity index (χ4v) is 3.46. The maximum atomic E-state index is 12.8. The highest BCUT2D eigenvalue weighted by molar-refractivity contribution is 5.94. The van der Waals surface area contributed by atoms with Gasteiger partial charge in [-0.1, -0.05) is 19.1 Å². The number of rotatable bonds is 9. The zero-order valence-electron chi connectivity index (χ0n) is 19.4. The molecule has 0 aliphatic heterocycles. The van der Waals surface area contributed by atoms with Gasteiger partial charge in [0.05, 0.1) is 24.9 Å². The van der Waals surface area contributed by atoms with Crippen molar-refractivity contribution in [1.29, 1.82) is 0 Å². The van der Waals surface area contributed by atoms with E-state index in [1.807, 2.05) is 53.5 Å². The van der Waals surface area contributed by atoms with Gasteiger partial charge >= 0.3 is 0 Å². The molecule has 0 aliphatic rings. The number of aryl methyl sites for hydroxylation is 1. The lowest BCUT2D eigenvalue weighted by Crippen LogP contribution is -2.37. The smallest absolute Gasteiger partial charge is 0.253 e. The summed E-state index contributed by atoms with van der Waals surface area (Å²) in [7, 11) is 5.12. The molecule has 32 heavy (non-hydrogen) atoms. The van der Waals surface area contributed by atoms with Crippen LogP contribution in [0.25, 0.3) is 5.65 Å². The zero-order chi connectivity index (χ0) is 23.3. The number of hydrogen-bond acceptors (Lipinski definition) is 5. The first-order chi connectivity index (χ1) is 15.4. The van der Waals surface area contributed by atoms with E-state index in [1.165, 1.54) is 0 Å². The van der Waals surface area contributed by atoms with E-state index in [-0.39, 0.29) is 18.4 Å². The Labute approximate surface area is 188 Å². The van der Waals surface area contributed by atoms with Crippen LogP contribution < -0.4 is 15.0 Å². The average Bonchev–Trinajstić information content (AvgIpc) is 3.18. The number of imidazole rings is 1. The third kappa shape index (κ3) is 5.01. The summed E-state index contributed by atoms with van der Waals surface area (Å²) in [6, 6.07) is 11.2. The van der Waals surface area contributed by atoms with E-state index in [1.54, 1.807) is 38.4 Å². The van der Waals surface area contributed by atoms with Crippen molar-refractivity contribution < 1.29 is 14.3 Å². The predicted molar refractivity (Wildman–Crippen MR) is 125 cm³/mol. The van der Waals surface area contributed by atoms with Crippen LogP contribution in [-0.2, 0) is 17.8 Å². The number of hydrogen-bond donors (Lipinski definition) is 1. The maximum absolute atomic E-state index is 12.8. The number of likely N-dealkylation sites (N-methyl/N-ethyl adjacent to an activating group) is 2. The molecule has 0 radical (unpaired) electrons. The number of fused-ring (bicyclic) bond motifs is 1. The molecule has 0 saturated carbocycles. The van der Waals surface area contributed by atoms with Gasteiger partial charge in [-0.15, -0.1) is 0 Å². The summed E-state index contributed by atoms with van der Waals surface area (Å²) in [6.45, 7) is 5.35. The first-order valence-electron chi connectivity index (χ1n) is 10.7. The molecule has 0 bridgehead atoms. The standard InChI is InChI=1S/C24H31N5O3/c1-6-20-24(28(7-2)16-22(30)27(3)4)29-15-18(10-13-21(29)26-20)23(31)25-14-17-8-11-19(32-5)12-9-17/h8-13,15H,6-7,14,16H2,1-5H3,(H,25,31). The van der Waals surface area contributed by atoms with E-state index in [0.29, 0.717) is 18.7 Å². The lowest BCUT2D eigenvalue weighted by molar-refractivity contribution is -0.127. The van der Waals surface area contributed by atoms with Gasteiger partial charge in [-0.05, 0) is 43.2 Å². The zero-order valence-corrected chi connectivity index (χ0v) is 19.4. The van der Waals surface area contributed by atoms with Crippen LogP contribution in [0.2, 0.25) is 0 Å². The van der Waals surface area contributed by atoms with Crippen molar-refractivity contribution in [3.8, 4) is 5.75 Å². The lowest BCUT2D eigenvalue weighted by Gasteiger charge is -2.24. The summed E-state index contributed by atoms with van der Waals surface area (Å²) < 4.78 is 7.08. The number of amides is 2. The molecule has 2 aromatic heterocycles. The lowest BCUT2D eigenvalue weighted by atomic mass is 10.2. The Balaban J connectivity index is 1.86.